The SMILES string of the molecule is O=C(O)CC1CN(C(=O)C2CCS(=O)(=O)C2)C1. The molecule has 1 unspecified atom stereocenters. The molecule has 96 valence electrons. The van der Waals surface area contributed by atoms with Crippen molar-refractivity contribution in [3.8, 4) is 0 Å². The van der Waals surface area contributed by atoms with Crippen molar-refractivity contribution >= 4 is 21.7 Å². The number of hydrogen-bond donors (Lipinski definition) is 1. The first kappa shape index (κ1) is 12.3. The second-order valence-electron chi connectivity index (χ2n) is 4.81. The molecule has 0 saturated carbocycles. The molecule has 2 fully saturated rings. The standard InChI is InChI=1S/C10H15NO5S/c12-9(13)3-7-4-11(5-7)10(14)8-1-2-17(15,16)6-8/h7-8H,1-6H2,(H,12,13). The second kappa shape index (κ2) is 4.29. The number of sulfone groups is 1. The van der Waals surface area contributed by atoms with Gasteiger partial charge in [0.2, 0.25) is 5.91 Å². The smallest absolute Gasteiger partial charge is 0.303 e. The van der Waals surface area contributed by atoms with Gasteiger partial charge in [0.1, 0.15) is 0 Å². The van der Waals surface area contributed by atoms with E-state index in [0.717, 1.165) is 0 Å². The molecule has 0 aliphatic carbocycles. The molecule has 0 spiro atoms. The van der Waals surface area contributed by atoms with Gasteiger partial charge in [-0.05, 0) is 6.42 Å². The van der Waals surface area contributed by atoms with Crippen LogP contribution >= 0.6 is 0 Å². The average molecular weight is 261 g/mol. The molecule has 0 bridgehead atoms. The largest absolute Gasteiger partial charge is 0.481 e. The molecule has 0 aromatic carbocycles. The van der Waals surface area contributed by atoms with Crippen LogP contribution in [0.4, 0.5) is 0 Å². The molecule has 2 heterocycles. The van der Waals surface area contributed by atoms with E-state index in [1.165, 1.54) is 0 Å². The van der Waals surface area contributed by atoms with Crippen molar-refractivity contribution in [2.45, 2.75) is 12.8 Å². The fourth-order valence-electron chi connectivity index (χ4n) is 2.37. The van der Waals surface area contributed by atoms with E-state index in [2.05, 4.69) is 0 Å². The Morgan fingerprint density at radius 1 is 1.29 bits per heavy atom. The van der Waals surface area contributed by atoms with Crippen LogP contribution < -0.4 is 0 Å². The molecule has 2 saturated heterocycles. The lowest BCUT2D eigenvalue weighted by Crippen LogP contribution is -2.52. The molecule has 2 aliphatic heterocycles. The highest BCUT2D eigenvalue weighted by Crippen LogP contribution is 2.26. The molecule has 0 radical (unpaired) electrons. The lowest BCUT2D eigenvalue weighted by atomic mass is 9.94. The van der Waals surface area contributed by atoms with Crippen LogP contribution in [0.3, 0.4) is 0 Å². The summed E-state index contributed by atoms with van der Waals surface area (Å²) in [5.41, 5.74) is 0. The highest BCUT2D eigenvalue weighted by atomic mass is 32.2. The van der Waals surface area contributed by atoms with Crippen LogP contribution in [0.15, 0.2) is 0 Å². The monoisotopic (exact) mass is 261 g/mol. The van der Waals surface area contributed by atoms with Gasteiger partial charge >= 0.3 is 5.97 Å². The van der Waals surface area contributed by atoms with Crippen molar-refractivity contribution < 1.29 is 23.1 Å². The second-order valence-corrected chi connectivity index (χ2v) is 7.04. The molecule has 1 atom stereocenters. The molecule has 2 rings (SSSR count). The van der Waals surface area contributed by atoms with E-state index in [1.54, 1.807) is 4.90 Å². The van der Waals surface area contributed by atoms with Gasteiger partial charge in [-0.1, -0.05) is 0 Å². The predicted octanol–water partition coefficient (Wildman–Crippen LogP) is -0.646. The summed E-state index contributed by atoms with van der Waals surface area (Å²) in [5.74, 6) is -1.33. The summed E-state index contributed by atoms with van der Waals surface area (Å²) in [6.07, 6.45) is 0.480. The van der Waals surface area contributed by atoms with Gasteiger partial charge in [-0.15, -0.1) is 0 Å². The summed E-state index contributed by atoms with van der Waals surface area (Å²) in [4.78, 5) is 23.9. The molecule has 0 aromatic heterocycles. The first-order valence-electron chi connectivity index (χ1n) is 5.58. The maximum absolute atomic E-state index is 11.9. The predicted molar refractivity (Wildman–Crippen MR) is 59.1 cm³/mol. The highest BCUT2D eigenvalue weighted by Gasteiger charge is 2.39. The zero-order valence-electron chi connectivity index (χ0n) is 9.33. The molecule has 2 aliphatic rings. The zero-order chi connectivity index (χ0) is 12.6. The van der Waals surface area contributed by atoms with E-state index in [1.807, 2.05) is 0 Å². The van der Waals surface area contributed by atoms with E-state index in [-0.39, 0.29) is 29.8 Å². The van der Waals surface area contributed by atoms with E-state index in [4.69, 9.17) is 5.11 Å². The molecular formula is C10H15NO5S. The quantitative estimate of drug-likeness (QED) is 0.729. The summed E-state index contributed by atoms with van der Waals surface area (Å²) in [6.45, 7) is 0.892. The van der Waals surface area contributed by atoms with Crippen LogP contribution in [-0.2, 0) is 19.4 Å². The third kappa shape index (κ3) is 2.77. The van der Waals surface area contributed by atoms with Crippen LogP contribution in [0.5, 0.6) is 0 Å². The van der Waals surface area contributed by atoms with Crippen molar-refractivity contribution in [3.05, 3.63) is 0 Å². The lowest BCUT2D eigenvalue weighted by molar-refractivity contribution is -0.147. The van der Waals surface area contributed by atoms with Gasteiger partial charge in [0.05, 0.1) is 23.8 Å². The summed E-state index contributed by atoms with van der Waals surface area (Å²) < 4.78 is 22.5. The van der Waals surface area contributed by atoms with Crippen molar-refractivity contribution in [2.75, 3.05) is 24.6 Å². The number of hydrogen-bond acceptors (Lipinski definition) is 4. The Morgan fingerprint density at radius 2 is 1.94 bits per heavy atom. The Balaban J connectivity index is 1.82. The maximum atomic E-state index is 11.9. The normalized spacial score (nSPS) is 27.8. The van der Waals surface area contributed by atoms with Crippen molar-refractivity contribution in [3.63, 3.8) is 0 Å². The maximum Gasteiger partial charge on any atom is 0.303 e. The van der Waals surface area contributed by atoms with Gasteiger partial charge in [0, 0.05) is 19.0 Å². The first-order chi connectivity index (χ1) is 7.87. The van der Waals surface area contributed by atoms with E-state index < -0.39 is 21.7 Å². The zero-order valence-corrected chi connectivity index (χ0v) is 10.1. The first-order valence-corrected chi connectivity index (χ1v) is 7.40. The van der Waals surface area contributed by atoms with Gasteiger partial charge in [-0.2, -0.15) is 0 Å². The molecule has 17 heavy (non-hydrogen) atoms. The van der Waals surface area contributed by atoms with E-state index >= 15 is 0 Å². The number of carboxylic acid groups (broad SMARTS) is 1. The Labute approximate surface area is 99.5 Å². The van der Waals surface area contributed by atoms with Crippen LogP contribution in [0.1, 0.15) is 12.8 Å². The van der Waals surface area contributed by atoms with Crippen molar-refractivity contribution in [1.82, 2.24) is 4.90 Å². The number of carboxylic acids is 1. The molecule has 0 aromatic rings. The Bertz CT molecular complexity index is 438. The van der Waals surface area contributed by atoms with Crippen LogP contribution in [0.2, 0.25) is 0 Å². The van der Waals surface area contributed by atoms with Gasteiger partial charge in [0.15, 0.2) is 9.84 Å². The molecule has 6 nitrogen and oxygen atoms in total. The lowest BCUT2D eigenvalue weighted by Gasteiger charge is -2.39. The average Bonchev–Trinajstić information content (AvgIpc) is 2.50. The molecular weight excluding hydrogens is 246 g/mol. The van der Waals surface area contributed by atoms with Crippen LogP contribution in [0.25, 0.3) is 0 Å². The third-order valence-corrected chi connectivity index (χ3v) is 5.08. The molecule has 1 amide bonds. The number of nitrogens with zero attached hydrogens (tertiary/aromatic N) is 1. The fourth-order valence-corrected chi connectivity index (χ4v) is 4.11. The summed E-state index contributed by atoms with van der Waals surface area (Å²) in [5, 5.41) is 8.57. The molecule has 1 N–H and O–H groups in total. The van der Waals surface area contributed by atoms with Crippen molar-refractivity contribution in [1.29, 1.82) is 0 Å². The van der Waals surface area contributed by atoms with Crippen LogP contribution in [-0.4, -0.2) is 54.9 Å². The highest BCUT2D eigenvalue weighted by molar-refractivity contribution is 7.91. The van der Waals surface area contributed by atoms with Gasteiger partial charge in [-0.25, -0.2) is 8.42 Å². The number of carbonyl (C=O) groups is 2. The Hall–Kier alpha value is -1.11. The number of carbonyl (C=O) groups excluding carboxylic acids is 1. The minimum Gasteiger partial charge on any atom is -0.481 e. The Morgan fingerprint density at radius 3 is 2.41 bits per heavy atom. The number of likely N-dealkylation sites (tertiary alicyclic amines) is 1. The summed E-state index contributed by atoms with van der Waals surface area (Å²) in [7, 11) is -3.03. The van der Waals surface area contributed by atoms with Crippen molar-refractivity contribution in [2.24, 2.45) is 11.8 Å². The number of amides is 1. The topological polar surface area (TPSA) is 91.8 Å². The summed E-state index contributed by atoms with van der Waals surface area (Å²) >= 11 is 0. The minimum absolute atomic E-state index is 0.0226. The van der Waals surface area contributed by atoms with Crippen LogP contribution in [0, 0.1) is 11.8 Å². The van der Waals surface area contributed by atoms with Gasteiger partial charge in [-0.3, -0.25) is 9.59 Å². The number of aliphatic carboxylic acids is 1. The van der Waals surface area contributed by atoms with E-state index in [9.17, 15) is 18.0 Å². The van der Waals surface area contributed by atoms with Gasteiger partial charge < -0.3 is 10.0 Å². The summed E-state index contributed by atoms with van der Waals surface area (Å²) in [6, 6.07) is 0. The van der Waals surface area contributed by atoms with E-state index in [0.29, 0.717) is 19.5 Å². The van der Waals surface area contributed by atoms with Gasteiger partial charge in [0.25, 0.3) is 0 Å². The molecule has 7 heteroatoms. The minimum atomic E-state index is -3.03. The fraction of sp³-hybridized carbons (Fsp3) is 0.800. The Kier molecular flexibility index (Phi) is 3.11. The number of rotatable bonds is 3. The third-order valence-electron chi connectivity index (χ3n) is 3.31.